The summed E-state index contributed by atoms with van der Waals surface area (Å²) in [6.45, 7) is 5.55. The highest BCUT2D eigenvalue weighted by Crippen LogP contribution is 2.23. The van der Waals surface area contributed by atoms with Gasteiger partial charge in [-0.15, -0.1) is 0 Å². The summed E-state index contributed by atoms with van der Waals surface area (Å²) in [6.07, 6.45) is 0. The minimum atomic E-state index is -0.649. The third kappa shape index (κ3) is 6.53. The zero-order valence-electron chi connectivity index (χ0n) is 16.1. The van der Waals surface area contributed by atoms with Crippen molar-refractivity contribution in [3.63, 3.8) is 0 Å². The number of para-hydroxylation sites is 1. The molecular formula is C21H24BrClN2O3. The van der Waals surface area contributed by atoms with E-state index >= 15 is 0 Å². The summed E-state index contributed by atoms with van der Waals surface area (Å²) < 4.78 is 6.49. The Morgan fingerprint density at radius 2 is 1.86 bits per heavy atom. The fourth-order valence-electron chi connectivity index (χ4n) is 2.60. The van der Waals surface area contributed by atoms with Gasteiger partial charge < -0.3 is 15.0 Å². The Balaban J connectivity index is 2.17. The lowest BCUT2D eigenvalue weighted by Gasteiger charge is -2.29. The van der Waals surface area contributed by atoms with Crippen molar-refractivity contribution in [1.82, 2.24) is 10.2 Å². The predicted octanol–water partition coefficient (Wildman–Crippen LogP) is 4.42. The van der Waals surface area contributed by atoms with Crippen molar-refractivity contribution in [2.45, 2.75) is 39.4 Å². The largest absolute Gasteiger partial charge is 0.482 e. The number of halogens is 2. The summed E-state index contributed by atoms with van der Waals surface area (Å²) >= 11 is 9.52. The topological polar surface area (TPSA) is 58.6 Å². The highest BCUT2D eigenvalue weighted by molar-refractivity contribution is 9.10. The fraction of sp³-hybridized carbons (Fsp3) is 0.333. The first-order chi connectivity index (χ1) is 13.3. The Bertz CT molecular complexity index is 829. The van der Waals surface area contributed by atoms with Crippen LogP contribution in [0.4, 0.5) is 0 Å². The molecule has 0 radical (unpaired) electrons. The molecule has 0 bridgehead atoms. The Hall–Kier alpha value is -2.05. The molecule has 2 aromatic carbocycles. The van der Waals surface area contributed by atoms with Crippen molar-refractivity contribution in [3.05, 3.63) is 63.6 Å². The van der Waals surface area contributed by atoms with Gasteiger partial charge in [0, 0.05) is 17.1 Å². The number of hydrogen-bond acceptors (Lipinski definition) is 3. The fourth-order valence-corrected chi connectivity index (χ4v) is 3.24. The summed E-state index contributed by atoms with van der Waals surface area (Å²) in [4.78, 5) is 26.9. The molecule has 2 aromatic rings. The van der Waals surface area contributed by atoms with Crippen LogP contribution in [-0.2, 0) is 16.1 Å². The van der Waals surface area contributed by atoms with E-state index in [9.17, 15) is 9.59 Å². The quantitative estimate of drug-likeness (QED) is 0.625. The Morgan fingerprint density at radius 3 is 2.50 bits per heavy atom. The molecule has 1 atom stereocenters. The van der Waals surface area contributed by atoms with Gasteiger partial charge in [-0.25, -0.2) is 0 Å². The number of nitrogens with one attached hydrogen (secondary N) is 1. The van der Waals surface area contributed by atoms with Crippen LogP contribution < -0.4 is 10.1 Å². The molecule has 28 heavy (non-hydrogen) atoms. The zero-order valence-corrected chi connectivity index (χ0v) is 18.5. The molecule has 0 aliphatic carbocycles. The molecule has 0 spiro atoms. The zero-order chi connectivity index (χ0) is 20.7. The summed E-state index contributed by atoms with van der Waals surface area (Å²) in [6, 6.07) is 13.9. The number of rotatable bonds is 8. The first-order valence-electron chi connectivity index (χ1n) is 8.99. The average molecular weight is 468 g/mol. The molecule has 0 aliphatic heterocycles. The van der Waals surface area contributed by atoms with Crippen LogP contribution >= 0.6 is 27.5 Å². The summed E-state index contributed by atoms with van der Waals surface area (Å²) in [5.41, 5.74) is 0.907. The number of nitrogens with zero attached hydrogens (tertiary/aromatic N) is 1. The van der Waals surface area contributed by atoms with E-state index in [0.29, 0.717) is 10.8 Å². The molecule has 0 aliphatic rings. The van der Waals surface area contributed by atoms with Crippen molar-refractivity contribution < 1.29 is 14.3 Å². The Kier molecular flexibility index (Phi) is 8.33. The van der Waals surface area contributed by atoms with Gasteiger partial charge in [0.15, 0.2) is 6.61 Å². The molecule has 7 heteroatoms. The van der Waals surface area contributed by atoms with Crippen molar-refractivity contribution in [1.29, 1.82) is 0 Å². The first kappa shape index (κ1) is 22.2. The second-order valence-corrected chi connectivity index (χ2v) is 8.03. The van der Waals surface area contributed by atoms with E-state index in [-0.39, 0.29) is 31.0 Å². The molecule has 0 saturated carbocycles. The third-order valence-corrected chi connectivity index (χ3v) is 4.83. The van der Waals surface area contributed by atoms with Gasteiger partial charge >= 0.3 is 0 Å². The normalized spacial score (nSPS) is 11.8. The number of carbonyl (C=O) groups is 2. The Labute approximate surface area is 179 Å². The monoisotopic (exact) mass is 466 g/mol. The van der Waals surface area contributed by atoms with Gasteiger partial charge in [0.25, 0.3) is 5.91 Å². The van der Waals surface area contributed by atoms with E-state index in [1.165, 1.54) is 4.90 Å². The summed E-state index contributed by atoms with van der Waals surface area (Å²) in [5, 5.41) is 3.28. The predicted molar refractivity (Wildman–Crippen MR) is 114 cm³/mol. The lowest BCUT2D eigenvalue weighted by molar-refractivity contribution is -0.142. The number of ether oxygens (including phenoxy) is 1. The molecule has 0 unspecified atom stereocenters. The van der Waals surface area contributed by atoms with Crippen molar-refractivity contribution in [3.8, 4) is 5.75 Å². The van der Waals surface area contributed by atoms with Gasteiger partial charge in [-0.2, -0.15) is 0 Å². The van der Waals surface area contributed by atoms with Gasteiger partial charge in [-0.05, 0) is 50.6 Å². The molecule has 0 heterocycles. The van der Waals surface area contributed by atoms with Crippen LogP contribution in [-0.4, -0.2) is 35.4 Å². The highest BCUT2D eigenvalue weighted by atomic mass is 79.9. The Morgan fingerprint density at radius 1 is 1.14 bits per heavy atom. The molecule has 0 fully saturated rings. The number of carbonyl (C=O) groups excluding carboxylic acids is 2. The van der Waals surface area contributed by atoms with Crippen LogP contribution in [0.3, 0.4) is 0 Å². The second kappa shape index (κ2) is 10.5. The van der Waals surface area contributed by atoms with Crippen molar-refractivity contribution in [2.24, 2.45) is 0 Å². The van der Waals surface area contributed by atoms with Gasteiger partial charge in [0.05, 0.1) is 5.02 Å². The number of benzene rings is 2. The maximum Gasteiger partial charge on any atom is 0.261 e. The second-order valence-electron chi connectivity index (χ2n) is 6.71. The first-order valence-corrected chi connectivity index (χ1v) is 10.2. The number of amides is 2. The van der Waals surface area contributed by atoms with Crippen LogP contribution in [0, 0.1) is 0 Å². The smallest absolute Gasteiger partial charge is 0.261 e. The van der Waals surface area contributed by atoms with Gasteiger partial charge in [-0.1, -0.05) is 51.8 Å². The maximum absolute atomic E-state index is 12.9. The van der Waals surface area contributed by atoms with Crippen LogP contribution in [0.1, 0.15) is 26.3 Å². The van der Waals surface area contributed by atoms with E-state index in [2.05, 4.69) is 21.2 Å². The molecule has 2 rings (SSSR count). The van der Waals surface area contributed by atoms with Crippen molar-refractivity contribution >= 4 is 39.3 Å². The van der Waals surface area contributed by atoms with E-state index in [0.717, 1.165) is 10.0 Å². The minimum Gasteiger partial charge on any atom is -0.482 e. The van der Waals surface area contributed by atoms with E-state index in [4.69, 9.17) is 16.3 Å². The van der Waals surface area contributed by atoms with Crippen LogP contribution in [0.25, 0.3) is 0 Å². The number of hydrogen-bond donors (Lipinski definition) is 1. The lowest BCUT2D eigenvalue weighted by Crippen LogP contribution is -2.50. The molecule has 2 amide bonds. The summed E-state index contributed by atoms with van der Waals surface area (Å²) in [5.74, 6) is -0.0819. The molecule has 150 valence electrons. The van der Waals surface area contributed by atoms with Gasteiger partial charge in [0.2, 0.25) is 5.91 Å². The van der Waals surface area contributed by atoms with Crippen molar-refractivity contribution in [2.75, 3.05) is 6.61 Å². The molecule has 0 saturated heterocycles. The maximum atomic E-state index is 12.9. The molecular weight excluding hydrogens is 444 g/mol. The third-order valence-electron chi connectivity index (χ3n) is 4.03. The van der Waals surface area contributed by atoms with Crippen LogP contribution in [0.2, 0.25) is 5.02 Å². The van der Waals surface area contributed by atoms with E-state index < -0.39 is 6.04 Å². The average Bonchev–Trinajstić information content (AvgIpc) is 2.64. The highest BCUT2D eigenvalue weighted by Gasteiger charge is 2.27. The molecule has 0 aromatic heterocycles. The summed E-state index contributed by atoms with van der Waals surface area (Å²) in [7, 11) is 0. The standard InChI is InChI=1S/C21H24BrClN2O3/c1-14(2)24-21(27)15(3)25(12-16-7-6-8-17(22)11-16)20(26)13-28-19-10-5-4-9-18(19)23/h4-11,14-15H,12-13H2,1-3H3,(H,24,27)/t15-/m1/s1. The van der Waals surface area contributed by atoms with Gasteiger partial charge in [-0.3, -0.25) is 9.59 Å². The van der Waals surface area contributed by atoms with Gasteiger partial charge in [0.1, 0.15) is 11.8 Å². The van der Waals surface area contributed by atoms with E-state index in [1.54, 1.807) is 31.2 Å². The lowest BCUT2D eigenvalue weighted by atomic mass is 10.1. The minimum absolute atomic E-state index is 0.0165. The molecule has 5 nitrogen and oxygen atoms in total. The van der Waals surface area contributed by atoms with E-state index in [1.807, 2.05) is 38.1 Å². The SMILES string of the molecule is CC(C)NC(=O)[C@@H](C)N(Cc1cccc(Br)c1)C(=O)COc1ccccc1Cl. The van der Waals surface area contributed by atoms with Crippen LogP contribution in [0.5, 0.6) is 5.75 Å². The molecule has 1 N–H and O–H groups in total. The van der Waals surface area contributed by atoms with Crippen LogP contribution in [0.15, 0.2) is 53.0 Å².